The average Bonchev–Trinajstić information content (AvgIpc) is 3.07. The number of rotatable bonds is 8. The van der Waals surface area contributed by atoms with E-state index in [4.69, 9.17) is 11.6 Å². The molecule has 3 aromatic rings. The number of aromatic nitrogens is 2. The standard InChI is InChI=1S/C18H19ClN4OS/c19-11-4-3-10-16(24)21-18-23-22-17(25-18)20-12-14-8-5-7-13-6-1-2-9-15(13)14/h1-2,5-9H,3-4,10-12H2,(H,20,22)(H,21,23,24). The zero-order chi connectivity index (χ0) is 17.5. The lowest BCUT2D eigenvalue weighted by Crippen LogP contribution is -2.10. The highest BCUT2D eigenvalue weighted by Gasteiger charge is 2.08. The molecule has 0 fully saturated rings. The lowest BCUT2D eigenvalue weighted by Gasteiger charge is -2.06. The van der Waals surface area contributed by atoms with Gasteiger partial charge in [0.05, 0.1) is 0 Å². The van der Waals surface area contributed by atoms with Gasteiger partial charge in [-0.1, -0.05) is 53.8 Å². The van der Waals surface area contributed by atoms with Crippen LogP contribution in [0.4, 0.5) is 10.3 Å². The van der Waals surface area contributed by atoms with Gasteiger partial charge < -0.3 is 10.6 Å². The Morgan fingerprint density at radius 1 is 1.04 bits per heavy atom. The number of amides is 1. The van der Waals surface area contributed by atoms with Crippen molar-refractivity contribution in [1.82, 2.24) is 10.2 Å². The Kier molecular flexibility index (Phi) is 6.19. The molecule has 0 radical (unpaired) electrons. The minimum absolute atomic E-state index is 0.0538. The van der Waals surface area contributed by atoms with Gasteiger partial charge in [0, 0.05) is 18.8 Å². The average molecular weight is 375 g/mol. The van der Waals surface area contributed by atoms with Crippen LogP contribution < -0.4 is 10.6 Å². The van der Waals surface area contributed by atoms with E-state index in [9.17, 15) is 4.79 Å². The molecule has 0 aliphatic rings. The summed E-state index contributed by atoms with van der Waals surface area (Å²) in [5, 5.41) is 17.8. The van der Waals surface area contributed by atoms with Crippen LogP contribution in [0.5, 0.6) is 0 Å². The van der Waals surface area contributed by atoms with Crippen LogP contribution in [0.3, 0.4) is 0 Å². The fourth-order valence-corrected chi connectivity index (χ4v) is 3.37. The van der Waals surface area contributed by atoms with E-state index in [1.54, 1.807) is 0 Å². The van der Waals surface area contributed by atoms with Gasteiger partial charge >= 0.3 is 0 Å². The number of hydrogen-bond donors (Lipinski definition) is 2. The summed E-state index contributed by atoms with van der Waals surface area (Å²) in [4.78, 5) is 11.8. The van der Waals surface area contributed by atoms with Gasteiger partial charge in [0.2, 0.25) is 16.2 Å². The Balaban J connectivity index is 1.57. The first-order valence-corrected chi connectivity index (χ1v) is 9.51. The molecule has 1 heterocycles. The van der Waals surface area contributed by atoms with E-state index in [1.807, 2.05) is 18.2 Å². The van der Waals surface area contributed by atoms with E-state index < -0.39 is 0 Å². The maximum absolute atomic E-state index is 11.8. The van der Waals surface area contributed by atoms with Gasteiger partial charge in [-0.2, -0.15) is 0 Å². The van der Waals surface area contributed by atoms with Crippen LogP contribution in [-0.2, 0) is 11.3 Å². The van der Waals surface area contributed by atoms with Crippen molar-refractivity contribution in [1.29, 1.82) is 0 Å². The maximum Gasteiger partial charge on any atom is 0.226 e. The molecule has 0 aliphatic carbocycles. The first-order chi connectivity index (χ1) is 12.3. The molecule has 1 amide bonds. The fraction of sp³-hybridized carbons (Fsp3) is 0.278. The van der Waals surface area contributed by atoms with Gasteiger partial charge in [0.1, 0.15) is 0 Å². The van der Waals surface area contributed by atoms with Crippen LogP contribution in [0.25, 0.3) is 10.8 Å². The number of unbranched alkanes of at least 4 members (excludes halogenated alkanes) is 1. The normalized spacial score (nSPS) is 10.8. The van der Waals surface area contributed by atoms with Crippen LogP contribution in [0.15, 0.2) is 42.5 Å². The van der Waals surface area contributed by atoms with Gasteiger partial charge in [0.15, 0.2) is 0 Å². The van der Waals surface area contributed by atoms with Crippen LogP contribution in [0.1, 0.15) is 24.8 Å². The fourth-order valence-electron chi connectivity index (χ4n) is 2.52. The summed E-state index contributed by atoms with van der Waals surface area (Å²) in [5.74, 6) is 0.524. The van der Waals surface area contributed by atoms with Crippen molar-refractivity contribution in [3.05, 3.63) is 48.0 Å². The Morgan fingerprint density at radius 2 is 1.84 bits per heavy atom. The highest BCUT2D eigenvalue weighted by molar-refractivity contribution is 7.19. The lowest BCUT2D eigenvalue weighted by molar-refractivity contribution is -0.116. The smallest absolute Gasteiger partial charge is 0.226 e. The summed E-state index contributed by atoms with van der Waals surface area (Å²) >= 11 is 6.94. The highest BCUT2D eigenvalue weighted by Crippen LogP contribution is 2.23. The SMILES string of the molecule is O=C(CCCCCl)Nc1nnc(NCc2cccc3ccccc23)s1. The quantitative estimate of drug-likeness (QED) is 0.445. The first kappa shape index (κ1) is 17.6. The molecule has 2 aromatic carbocycles. The summed E-state index contributed by atoms with van der Waals surface area (Å²) in [6.45, 7) is 0.652. The minimum Gasteiger partial charge on any atom is -0.356 e. The van der Waals surface area contributed by atoms with Crippen molar-refractivity contribution in [2.24, 2.45) is 0 Å². The molecule has 5 nitrogen and oxygen atoms in total. The van der Waals surface area contributed by atoms with Crippen molar-refractivity contribution in [2.45, 2.75) is 25.8 Å². The molecule has 0 atom stereocenters. The molecule has 0 spiro atoms. The number of alkyl halides is 1. The summed E-state index contributed by atoms with van der Waals surface area (Å²) in [5.41, 5.74) is 1.19. The molecule has 1 aromatic heterocycles. The largest absolute Gasteiger partial charge is 0.356 e. The molecule has 7 heteroatoms. The number of halogens is 1. The van der Waals surface area contributed by atoms with Gasteiger partial charge in [0.25, 0.3) is 0 Å². The lowest BCUT2D eigenvalue weighted by atomic mass is 10.0. The predicted octanol–water partition coefficient (Wildman–Crippen LogP) is 4.65. The summed E-state index contributed by atoms with van der Waals surface area (Å²) in [7, 11) is 0. The third-order valence-corrected chi connectivity index (χ3v) is 4.83. The zero-order valence-corrected chi connectivity index (χ0v) is 15.2. The number of nitrogens with zero attached hydrogens (tertiary/aromatic N) is 2. The molecule has 0 unspecified atom stereocenters. The molecule has 25 heavy (non-hydrogen) atoms. The van der Waals surface area contributed by atoms with Crippen molar-refractivity contribution < 1.29 is 4.79 Å². The third-order valence-electron chi connectivity index (χ3n) is 3.77. The number of fused-ring (bicyclic) bond motifs is 1. The molecular weight excluding hydrogens is 356 g/mol. The van der Waals surface area contributed by atoms with Crippen molar-refractivity contribution >= 4 is 49.9 Å². The Labute approximate surface area is 155 Å². The second-order valence-corrected chi connectivity index (χ2v) is 6.95. The van der Waals surface area contributed by atoms with E-state index >= 15 is 0 Å². The molecular formula is C18H19ClN4OS. The number of carbonyl (C=O) groups is 1. The van der Waals surface area contributed by atoms with Gasteiger partial charge in [-0.3, -0.25) is 4.79 Å². The third kappa shape index (κ3) is 4.90. The van der Waals surface area contributed by atoms with E-state index in [2.05, 4.69) is 45.1 Å². The van der Waals surface area contributed by atoms with E-state index in [0.717, 1.165) is 12.8 Å². The first-order valence-electron chi connectivity index (χ1n) is 8.16. The molecule has 130 valence electrons. The molecule has 3 rings (SSSR count). The van der Waals surface area contributed by atoms with Gasteiger partial charge in [-0.05, 0) is 29.2 Å². The van der Waals surface area contributed by atoms with Gasteiger partial charge in [-0.15, -0.1) is 21.8 Å². The number of nitrogens with one attached hydrogen (secondary N) is 2. The summed E-state index contributed by atoms with van der Waals surface area (Å²) in [6, 6.07) is 14.5. The topological polar surface area (TPSA) is 66.9 Å². The molecule has 0 aliphatic heterocycles. The minimum atomic E-state index is -0.0538. The van der Waals surface area contributed by atoms with Crippen LogP contribution in [-0.4, -0.2) is 22.0 Å². The van der Waals surface area contributed by atoms with Crippen molar-refractivity contribution in [3.63, 3.8) is 0 Å². The number of hydrogen-bond acceptors (Lipinski definition) is 5. The predicted molar refractivity (Wildman–Crippen MR) is 104 cm³/mol. The van der Waals surface area contributed by atoms with Crippen molar-refractivity contribution in [3.8, 4) is 0 Å². The van der Waals surface area contributed by atoms with Crippen LogP contribution >= 0.6 is 22.9 Å². The van der Waals surface area contributed by atoms with E-state index in [-0.39, 0.29) is 5.91 Å². The van der Waals surface area contributed by atoms with Crippen LogP contribution in [0.2, 0.25) is 0 Å². The Morgan fingerprint density at radius 3 is 2.72 bits per heavy atom. The Bertz CT molecular complexity index is 846. The summed E-state index contributed by atoms with van der Waals surface area (Å²) < 4.78 is 0. The highest BCUT2D eigenvalue weighted by atomic mass is 35.5. The second-order valence-electron chi connectivity index (χ2n) is 5.60. The van der Waals surface area contributed by atoms with Crippen LogP contribution in [0, 0.1) is 0 Å². The number of carbonyl (C=O) groups excluding carboxylic acids is 1. The molecule has 0 bridgehead atoms. The van der Waals surface area contributed by atoms with E-state index in [1.165, 1.54) is 27.7 Å². The second kappa shape index (κ2) is 8.78. The Hall–Kier alpha value is -2.18. The van der Waals surface area contributed by atoms with Crippen molar-refractivity contribution in [2.75, 3.05) is 16.5 Å². The number of benzene rings is 2. The molecule has 0 saturated carbocycles. The molecule has 0 saturated heterocycles. The maximum atomic E-state index is 11.8. The van der Waals surface area contributed by atoms with E-state index in [0.29, 0.717) is 29.1 Å². The zero-order valence-electron chi connectivity index (χ0n) is 13.7. The molecule has 2 N–H and O–H groups in total. The summed E-state index contributed by atoms with van der Waals surface area (Å²) in [6.07, 6.45) is 2.06. The van der Waals surface area contributed by atoms with Gasteiger partial charge in [-0.25, -0.2) is 0 Å². The number of anilines is 2. The monoisotopic (exact) mass is 374 g/mol.